The van der Waals surface area contributed by atoms with Crippen LogP contribution in [0.1, 0.15) is 10.4 Å². The number of hydrogen-bond donors (Lipinski definition) is 3. The Labute approximate surface area is 116 Å². The quantitative estimate of drug-likeness (QED) is 0.807. The van der Waals surface area contributed by atoms with Crippen LogP contribution in [0.4, 0.5) is 21.6 Å². The van der Waals surface area contributed by atoms with Crippen molar-refractivity contribution in [3.63, 3.8) is 0 Å². The number of rotatable bonds is 3. The second-order valence-electron chi connectivity index (χ2n) is 3.68. The number of nitrogens with one attached hydrogen (secondary N) is 1. The van der Waals surface area contributed by atoms with E-state index < -0.39 is 11.8 Å². The largest absolute Gasteiger partial charge is 0.478 e. The van der Waals surface area contributed by atoms with Crippen LogP contribution in [-0.4, -0.2) is 16.1 Å². The van der Waals surface area contributed by atoms with Gasteiger partial charge < -0.3 is 16.2 Å². The average Bonchev–Trinajstić information content (AvgIpc) is 2.36. The second-order valence-corrected chi connectivity index (χ2v) is 4.53. The maximum absolute atomic E-state index is 13.4. The predicted molar refractivity (Wildman–Crippen MR) is 73.0 cm³/mol. The van der Waals surface area contributed by atoms with Crippen LogP contribution in [0.2, 0.25) is 0 Å². The molecule has 0 saturated heterocycles. The van der Waals surface area contributed by atoms with Crippen molar-refractivity contribution in [2.24, 2.45) is 0 Å². The Morgan fingerprint density at radius 2 is 2.16 bits per heavy atom. The van der Waals surface area contributed by atoms with Crippen molar-refractivity contribution >= 4 is 39.1 Å². The molecule has 1 aromatic heterocycles. The molecule has 0 aliphatic carbocycles. The van der Waals surface area contributed by atoms with E-state index in [1.165, 1.54) is 24.4 Å². The van der Waals surface area contributed by atoms with Crippen molar-refractivity contribution in [3.8, 4) is 0 Å². The van der Waals surface area contributed by atoms with Gasteiger partial charge in [-0.3, -0.25) is 0 Å². The highest BCUT2D eigenvalue weighted by Crippen LogP contribution is 2.26. The lowest BCUT2D eigenvalue weighted by Crippen LogP contribution is -2.07. The summed E-state index contributed by atoms with van der Waals surface area (Å²) >= 11 is 3.04. The summed E-state index contributed by atoms with van der Waals surface area (Å²) in [6.45, 7) is 0. The normalized spacial score (nSPS) is 10.2. The molecule has 0 spiro atoms. The standard InChI is InChI=1S/C12H9BrFN3O2/c13-8-2-1-6(5-9(8)14)17-11-10(15)7(12(18)19)3-4-16-11/h1-5H,15H2,(H,16,17)(H,18,19). The molecular formula is C12H9BrFN3O2. The molecule has 2 rings (SSSR count). The van der Waals surface area contributed by atoms with E-state index in [-0.39, 0.29) is 17.1 Å². The summed E-state index contributed by atoms with van der Waals surface area (Å²) in [6, 6.07) is 5.68. The fourth-order valence-corrected chi connectivity index (χ4v) is 1.72. The van der Waals surface area contributed by atoms with Gasteiger partial charge in [0.2, 0.25) is 0 Å². The van der Waals surface area contributed by atoms with Gasteiger partial charge in [-0.15, -0.1) is 0 Å². The Kier molecular flexibility index (Phi) is 3.66. The van der Waals surface area contributed by atoms with Gasteiger partial charge in [-0.2, -0.15) is 0 Å². The van der Waals surface area contributed by atoms with Gasteiger partial charge in [0.15, 0.2) is 5.82 Å². The van der Waals surface area contributed by atoms with E-state index in [0.29, 0.717) is 10.2 Å². The summed E-state index contributed by atoms with van der Waals surface area (Å²) < 4.78 is 13.7. The molecule has 0 aliphatic heterocycles. The molecule has 0 aliphatic rings. The van der Waals surface area contributed by atoms with Gasteiger partial charge in [0, 0.05) is 11.9 Å². The van der Waals surface area contributed by atoms with E-state index in [9.17, 15) is 9.18 Å². The van der Waals surface area contributed by atoms with E-state index in [1.54, 1.807) is 6.07 Å². The third kappa shape index (κ3) is 2.82. The molecule has 0 atom stereocenters. The van der Waals surface area contributed by atoms with Crippen LogP contribution in [0.5, 0.6) is 0 Å². The monoisotopic (exact) mass is 325 g/mol. The number of nitrogens with two attached hydrogens (primary N) is 1. The molecule has 0 bridgehead atoms. The van der Waals surface area contributed by atoms with E-state index in [4.69, 9.17) is 10.8 Å². The lowest BCUT2D eigenvalue weighted by molar-refractivity contribution is 0.0698. The molecule has 98 valence electrons. The smallest absolute Gasteiger partial charge is 0.337 e. The number of carbonyl (C=O) groups is 1. The van der Waals surface area contributed by atoms with Gasteiger partial charge in [0.25, 0.3) is 0 Å². The van der Waals surface area contributed by atoms with Crippen molar-refractivity contribution in [3.05, 3.63) is 46.3 Å². The molecule has 7 heteroatoms. The van der Waals surface area contributed by atoms with Crippen molar-refractivity contribution in [1.29, 1.82) is 0 Å². The van der Waals surface area contributed by atoms with Gasteiger partial charge >= 0.3 is 5.97 Å². The average molecular weight is 326 g/mol. The third-order valence-corrected chi connectivity index (χ3v) is 3.05. The number of pyridine rings is 1. The number of aromatic nitrogens is 1. The van der Waals surface area contributed by atoms with E-state index in [1.807, 2.05) is 0 Å². The number of hydrogen-bond acceptors (Lipinski definition) is 4. The number of aromatic carboxylic acids is 1. The van der Waals surface area contributed by atoms with Crippen LogP contribution in [0.25, 0.3) is 0 Å². The number of carboxylic acid groups (broad SMARTS) is 1. The zero-order valence-corrected chi connectivity index (χ0v) is 11.1. The summed E-state index contributed by atoms with van der Waals surface area (Å²) in [6.07, 6.45) is 1.32. The van der Waals surface area contributed by atoms with Crippen LogP contribution in [-0.2, 0) is 0 Å². The number of benzene rings is 1. The minimum absolute atomic E-state index is 0.00155. The molecule has 0 amide bonds. The molecule has 2 aromatic rings. The molecule has 1 heterocycles. The lowest BCUT2D eigenvalue weighted by Gasteiger charge is -2.10. The number of nitrogen functional groups attached to an aromatic ring is 1. The van der Waals surface area contributed by atoms with Crippen LogP contribution in [0.3, 0.4) is 0 Å². The zero-order chi connectivity index (χ0) is 14.0. The molecule has 0 unspecified atom stereocenters. The topological polar surface area (TPSA) is 88.2 Å². The molecule has 5 nitrogen and oxygen atoms in total. The zero-order valence-electron chi connectivity index (χ0n) is 9.52. The Bertz CT molecular complexity index is 649. The maximum Gasteiger partial charge on any atom is 0.337 e. The fourth-order valence-electron chi connectivity index (χ4n) is 1.47. The van der Waals surface area contributed by atoms with E-state index in [2.05, 4.69) is 26.2 Å². The Balaban J connectivity index is 2.35. The fraction of sp³-hybridized carbons (Fsp3) is 0. The Morgan fingerprint density at radius 1 is 1.42 bits per heavy atom. The summed E-state index contributed by atoms with van der Waals surface area (Å²) in [7, 11) is 0. The lowest BCUT2D eigenvalue weighted by atomic mass is 10.2. The van der Waals surface area contributed by atoms with Gasteiger partial charge in [0.1, 0.15) is 5.82 Å². The minimum Gasteiger partial charge on any atom is -0.478 e. The van der Waals surface area contributed by atoms with Gasteiger partial charge in [-0.05, 0) is 40.2 Å². The minimum atomic E-state index is -1.15. The molecule has 0 fully saturated rings. The summed E-state index contributed by atoms with van der Waals surface area (Å²) in [5.41, 5.74) is 6.05. The van der Waals surface area contributed by atoms with Gasteiger partial charge in [-0.25, -0.2) is 14.2 Å². The first kappa shape index (κ1) is 13.3. The first-order valence-electron chi connectivity index (χ1n) is 5.19. The molecule has 19 heavy (non-hydrogen) atoms. The van der Waals surface area contributed by atoms with Crippen molar-refractivity contribution < 1.29 is 14.3 Å². The summed E-state index contributed by atoms with van der Waals surface area (Å²) in [5.74, 6) is -1.43. The number of carboxylic acids is 1. The van der Waals surface area contributed by atoms with Crippen LogP contribution in [0, 0.1) is 5.82 Å². The highest BCUT2D eigenvalue weighted by molar-refractivity contribution is 9.10. The molecule has 4 N–H and O–H groups in total. The predicted octanol–water partition coefficient (Wildman–Crippen LogP) is 3.01. The molecule has 0 saturated carbocycles. The van der Waals surface area contributed by atoms with Gasteiger partial charge in [0.05, 0.1) is 15.7 Å². The molecule has 1 aromatic carbocycles. The van der Waals surface area contributed by atoms with Crippen LogP contribution < -0.4 is 11.1 Å². The first-order valence-corrected chi connectivity index (χ1v) is 5.98. The van der Waals surface area contributed by atoms with Crippen LogP contribution >= 0.6 is 15.9 Å². The number of anilines is 3. The highest BCUT2D eigenvalue weighted by atomic mass is 79.9. The van der Waals surface area contributed by atoms with Crippen molar-refractivity contribution in [2.75, 3.05) is 11.1 Å². The second kappa shape index (κ2) is 5.23. The molecule has 0 radical (unpaired) electrons. The van der Waals surface area contributed by atoms with Crippen LogP contribution in [0.15, 0.2) is 34.9 Å². The Morgan fingerprint density at radius 3 is 2.79 bits per heavy atom. The molecular weight excluding hydrogens is 317 g/mol. The number of nitrogens with zero attached hydrogens (tertiary/aromatic N) is 1. The Hall–Kier alpha value is -2.15. The number of halogens is 2. The maximum atomic E-state index is 13.4. The summed E-state index contributed by atoms with van der Waals surface area (Å²) in [4.78, 5) is 14.9. The van der Waals surface area contributed by atoms with Gasteiger partial charge in [-0.1, -0.05) is 0 Å². The SMILES string of the molecule is Nc1c(C(=O)O)ccnc1Nc1ccc(Br)c(F)c1. The highest BCUT2D eigenvalue weighted by Gasteiger charge is 2.12. The van der Waals surface area contributed by atoms with E-state index in [0.717, 1.165) is 0 Å². The third-order valence-electron chi connectivity index (χ3n) is 2.40. The van der Waals surface area contributed by atoms with Crippen molar-refractivity contribution in [2.45, 2.75) is 0 Å². The van der Waals surface area contributed by atoms with Crippen molar-refractivity contribution in [1.82, 2.24) is 4.98 Å². The first-order chi connectivity index (χ1) is 8.99. The van der Waals surface area contributed by atoms with E-state index >= 15 is 0 Å². The summed E-state index contributed by atoms with van der Waals surface area (Å²) in [5, 5.41) is 11.7.